The highest BCUT2D eigenvalue weighted by Gasteiger charge is 2.14. The molecule has 118 valence electrons. The Labute approximate surface area is 147 Å². The molecule has 0 saturated heterocycles. The quantitative estimate of drug-likeness (QED) is 0.459. The average Bonchev–Trinajstić information content (AvgIpc) is 3.19. The van der Waals surface area contributed by atoms with Crippen LogP contribution in [0.2, 0.25) is 0 Å². The van der Waals surface area contributed by atoms with Crippen molar-refractivity contribution >= 4 is 29.9 Å². The molecule has 6 nitrogen and oxygen atoms in total. The number of halogens is 1. The highest BCUT2D eigenvalue weighted by atomic mass is 127. The van der Waals surface area contributed by atoms with E-state index in [9.17, 15) is 0 Å². The minimum Gasteiger partial charge on any atom is -0.370 e. The smallest absolute Gasteiger partial charge is 0.189 e. The predicted octanol–water partition coefficient (Wildman–Crippen LogP) is 2.23. The Hall–Kier alpha value is -1.64. The maximum atomic E-state index is 5.92. The summed E-state index contributed by atoms with van der Waals surface area (Å²) in [5.41, 5.74) is 8.03. The molecule has 0 radical (unpaired) electrons. The topological polar surface area (TPSA) is 81.1 Å². The fraction of sp³-hybridized carbons (Fsp3) is 0.400. The molecule has 1 aromatic carbocycles. The van der Waals surface area contributed by atoms with E-state index in [-0.39, 0.29) is 24.0 Å². The van der Waals surface area contributed by atoms with Crippen LogP contribution in [0.25, 0.3) is 5.69 Å². The molecule has 1 aliphatic rings. The molecule has 2 aromatic rings. The van der Waals surface area contributed by atoms with Crippen molar-refractivity contribution in [2.45, 2.75) is 38.3 Å². The number of nitrogens with two attached hydrogens (primary N) is 1. The van der Waals surface area contributed by atoms with Crippen molar-refractivity contribution in [3.8, 4) is 5.69 Å². The molecule has 0 atom stereocenters. The van der Waals surface area contributed by atoms with Gasteiger partial charge >= 0.3 is 0 Å². The van der Waals surface area contributed by atoms with Crippen molar-refractivity contribution in [1.82, 2.24) is 20.1 Å². The summed E-state index contributed by atoms with van der Waals surface area (Å²) < 4.78 is 1.73. The molecule has 1 aromatic heterocycles. The molecule has 3 rings (SSSR count). The summed E-state index contributed by atoms with van der Waals surface area (Å²) in [6, 6.07) is 8.57. The van der Waals surface area contributed by atoms with Crippen LogP contribution in [0.1, 0.15) is 31.2 Å². The highest BCUT2D eigenvalue weighted by Crippen LogP contribution is 2.17. The van der Waals surface area contributed by atoms with Gasteiger partial charge < -0.3 is 11.1 Å². The van der Waals surface area contributed by atoms with Gasteiger partial charge in [0.25, 0.3) is 0 Å². The largest absolute Gasteiger partial charge is 0.370 e. The Balaban J connectivity index is 0.00000176. The molecule has 0 unspecified atom stereocenters. The molecule has 1 saturated carbocycles. The number of nitrogens with one attached hydrogen (secondary N) is 1. The number of nitrogens with zero attached hydrogens (tertiary/aromatic N) is 4. The van der Waals surface area contributed by atoms with Crippen LogP contribution in [0.5, 0.6) is 0 Å². The van der Waals surface area contributed by atoms with Crippen molar-refractivity contribution in [3.05, 3.63) is 42.5 Å². The first kappa shape index (κ1) is 16.7. The Morgan fingerprint density at radius 1 is 1.27 bits per heavy atom. The Bertz CT molecular complexity index is 587. The summed E-state index contributed by atoms with van der Waals surface area (Å²) in [6.07, 6.45) is 8.17. The van der Waals surface area contributed by atoms with E-state index in [1.165, 1.54) is 32.0 Å². The first-order valence-electron chi connectivity index (χ1n) is 7.32. The summed E-state index contributed by atoms with van der Waals surface area (Å²) in [4.78, 5) is 8.33. The summed E-state index contributed by atoms with van der Waals surface area (Å²) in [5.74, 6) is 0.544. The Morgan fingerprint density at radius 3 is 2.64 bits per heavy atom. The number of aromatic nitrogens is 3. The minimum atomic E-state index is 0. The zero-order valence-corrected chi connectivity index (χ0v) is 14.7. The Morgan fingerprint density at radius 2 is 2.00 bits per heavy atom. The van der Waals surface area contributed by atoms with Crippen LogP contribution in [-0.2, 0) is 6.54 Å². The van der Waals surface area contributed by atoms with E-state index >= 15 is 0 Å². The zero-order valence-electron chi connectivity index (χ0n) is 12.4. The predicted molar refractivity (Wildman–Crippen MR) is 97.5 cm³/mol. The normalized spacial score (nSPS) is 15.5. The second-order valence-electron chi connectivity index (χ2n) is 5.33. The lowest BCUT2D eigenvalue weighted by Gasteiger charge is -2.12. The highest BCUT2D eigenvalue weighted by molar-refractivity contribution is 14.0. The van der Waals surface area contributed by atoms with Gasteiger partial charge in [-0.1, -0.05) is 25.0 Å². The van der Waals surface area contributed by atoms with Crippen molar-refractivity contribution in [2.24, 2.45) is 10.7 Å². The van der Waals surface area contributed by atoms with Gasteiger partial charge in [-0.15, -0.1) is 24.0 Å². The maximum absolute atomic E-state index is 5.92. The van der Waals surface area contributed by atoms with E-state index < -0.39 is 0 Å². The van der Waals surface area contributed by atoms with Crippen LogP contribution < -0.4 is 11.1 Å². The fourth-order valence-electron chi connectivity index (χ4n) is 2.60. The number of hydrogen-bond donors (Lipinski definition) is 2. The van der Waals surface area contributed by atoms with Gasteiger partial charge in [0.15, 0.2) is 5.96 Å². The molecule has 0 amide bonds. The third kappa shape index (κ3) is 4.43. The van der Waals surface area contributed by atoms with Gasteiger partial charge in [0.2, 0.25) is 0 Å². The van der Waals surface area contributed by atoms with Gasteiger partial charge in [0.1, 0.15) is 12.7 Å². The van der Waals surface area contributed by atoms with Gasteiger partial charge in [-0.2, -0.15) is 5.10 Å². The van der Waals surface area contributed by atoms with E-state index in [1.807, 2.05) is 24.3 Å². The van der Waals surface area contributed by atoms with Crippen molar-refractivity contribution in [1.29, 1.82) is 0 Å². The Kier molecular flexibility index (Phi) is 6.17. The van der Waals surface area contributed by atoms with Crippen molar-refractivity contribution in [3.63, 3.8) is 0 Å². The van der Waals surface area contributed by atoms with E-state index in [4.69, 9.17) is 5.73 Å². The number of aliphatic imine (C=N–C) groups is 1. The molecule has 7 heteroatoms. The monoisotopic (exact) mass is 412 g/mol. The van der Waals surface area contributed by atoms with Crippen molar-refractivity contribution < 1.29 is 0 Å². The third-order valence-corrected chi connectivity index (χ3v) is 3.76. The first-order valence-corrected chi connectivity index (χ1v) is 7.32. The SMILES string of the molecule is I.NC(=NCc1ccc(-n2cncn2)cc1)NC1CCCC1. The van der Waals surface area contributed by atoms with E-state index in [0.29, 0.717) is 18.5 Å². The molecule has 0 spiro atoms. The average molecular weight is 412 g/mol. The fourth-order valence-corrected chi connectivity index (χ4v) is 2.60. The molecule has 0 aliphatic heterocycles. The van der Waals surface area contributed by atoms with Gasteiger partial charge in [-0.05, 0) is 30.5 Å². The maximum Gasteiger partial charge on any atom is 0.189 e. The summed E-state index contributed by atoms with van der Waals surface area (Å²) in [7, 11) is 0. The standard InChI is InChI=1S/C15H20N6.HI/c16-15(20-13-3-1-2-4-13)18-9-12-5-7-14(8-6-12)21-11-17-10-19-21;/h5-8,10-11,13H,1-4,9H2,(H3,16,18,20);1H. The summed E-state index contributed by atoms with van der Waals surface area (Å²) >= 11 is 0. The third-order valence-electron chi connectivity index (χ3n) is 3.76. The lowest BCUT2D eigenvalue weighted by Crippen LogP contribution is -2.38. The lowest BCUT2D eigenvalue weighted by atomic mass is 10.2. The number of hydrogen-bond acceptors (Lipinski definition) is 3. The molecule has 1 aliphatic carbocycles. The minimum absolute atomic E-state index is 0. The van der Waals surface area contributed by atoms with Gasteiger partial charge in [0, 0.05) is 6.04 Å². The van der Waals surface area contributed by atoms with Gasteiger partial charge in [0.05, 0.1) is 12.2 Å². The van der Waals surface area contributed by atoms with Crippen molar-refractivity contribution in [2.75, 3.05) is 0 Å². The molecular weight excluding hydrogens is 391 g/mol. The molecule has 0 bridgehead atoms. The molecule has 22 heavy (non-hydrogen) atoms. The van der Waals surface area contributed by atoms with Crippen LogP contribution in [0.4, 0.5) is 0 Å². The van der Waals surface area contributed by atoms with Crippen LogP contribution in [0, 0.1) is 0 Å². The lowest BCUT2D eigenvalue weighted by molar-refractivity contribution is 0.625. The number of benzene rings is 1. The van der Waals surface area contributed by atoms with E-state index in [2.05, 4.69) is 20.4 Å². The molecular formula is C15H21IN6. The first-order chi connectivity index (χ1) is 10.3. The second-order valence-corrected chi connectivity index (χ2v) is 5.33. The number of rotatable bonds is 4. The van der Waals surface area contributed by atoms with E-state index in [0.717, 1.165) is 11.3 Å². The van der Waals surface area contributed by atoms with Crippen LogP contribution in [-0.4, -0.2) is 26.8 Å². The molecule has 3 N–H and O–H groups in total. The number of guanidine groups is 1. The molecule has 1 fully saturated rings. The second kappa shape index (κ2) is 8.11. The summed E-state index contributed by atoms with van der Waals surface area (Å²) in [6.45, 7) is 0.586. The van der Waals surface area contributed by atoms with Crippen LogP contribution in [0.15, 0.2) is 41.9 Å². The van der Waals surface area contributed by atoms with Gasteiger partial charge in [-0.25, -0.2) is 14.7 Å². The zero-order chi connectivity index (χ0) is 14.5. The summed E-state index contributed by atoms with van der Waals surface area (Å²) in [5, 5.41) is 7.38. The van der Waals surface area contributed by atoms with Crippen LogP contribution >= 0.6 is 24.0 Å². The van der Waals surface area contributed by atoms with E-state index in [1.54, 1.807) is 11.0 Å². The molecule has 1 heterocycles. The van der Waals surface area contributed by atoms with Gasteiger partial charge in [-0.3, -0.25) is 0 Å². The van der Waals surface area contributed by atoms with Crippen LogP contribution in [0.3, 0.4) is 0 Å².